The lowest BCUT2D eigenvalue weighted by molar-refractivity contribution is -0.0166. The summed E-state index contributed by atoms with van der Waals surface area (Å²) in [6.07, 6.45) is 13.0. The molecule has 3 aromatic rings. The standard InChI is InChI=1S/C30H38N4O2S/c1-20-4-6-24(7-5-20)27-18-34-25(19-37-29(34)31-27)8-9-33(17-26-3-2-10-36-26)28(35)32-30-14-21-11-22(15-30)13-23(12-21)16-30/h4-7,18-19,21-23,26H,2-3,8-17H2,1H3,(H,32,35). The quantitative estimate of drug-likeness (QED) is 0.413. The van der Waals surface area contributed by atoms with Crippen molar-refractivity contribution in [2.75, 3.05) is 19.7 Å². The maximum atomic E-state index is 13.8. The molecular formula is C30H38N4O2S. The van der Waals surface area contributed by atoms with Crippen molar-refractivity contribution < 1.29 is 9.53 Å². The van der Waals surface area contributed by atoms with E-state index in [2.05, 4.69) is 57.4 Å². The van der Waals surface area contributed by atoms with Crippen molar-refractivity contribution in [1.82, 2.24) is 19.6 Å². The van der Waals surface area contributed by atoms with Crippen molar-refractivity contribution in [2.45, 2.75) is 76.4 Å². The molecule has 4 aliphatic carbocycles. The van der Waals surface area contributed by atoms with E-state index in [0.717, 1.165) is 59.8 Å². The first-order valence-electron chi connectivity index (χ1n) is 14.2. The predicted molar refractivity (Wildman–Crippen MR) is 147 cm³/mol. The molecule has 1 aromatic carbocycles. The smallest absolute Gasteiger partial charge is 0.317 e. The molecule has 5 aliphatic rings. The minimum absolute atomic E-state index is 0.0313. The van der Waals surface area contributed by atoms with E-state index in [9.17, 15) is 4.79 Å². The monoisotopic (exact) mass is 518 g/mol. The van der Waals surface area contributed by atoms with Crippen molar-refractivity contribution in [3.05, 3.63) is 47.1 Å². The van der Waals surface area contributed by atoms with Crippen molar-refractivity contribution >= 4 is 22.3 Å². The van der Waals surface area contributed by atoms with Crippen LogP contribution in [-0.4, -0.2) is 51.7 Å². The van der Waals surface area contributed by atoms with Crippen LogP contribution in [0.25, 0.3) is 16.2 Å². The summed E-state index contributed by atoms with van der Waals surface area (Å²) in [5.74, 6) is 2.46. The number of nitrogens with one attached hydrogen (secondary N) is 1. The van der Waals surface area contributed by atoms with Crippen LogP contribution >= 0.6 is 11.3 Å². The molecule has 7 heteroatoms. The van der Waals surface area contributed by atoms with E-state index in [1.165, 1.54) is 49.8 Å². The Morgan fingerprint density at radius 1 is 1.16 bits per heavy atom. The Kier molecular flexibility index (Phi) is 6.04. The second-order valence-electron chi connectivity index (χ2n) is 12.3. The number of hydrogen-bond donors (Lipinski definition) is 1. The van der Waals surface area contributed by atoms with Gasteiger partial charge in [0.15, 0.2) is 4.96 Å². The molecule has 1 saturated heterocycles. The van der Waals surface area contributed by atoms with Gasteiger partial charge in [0.25, 0.3) is 0 Å². The van der Waals surface area contributed by atoms with Crippen LogP contribution in [-0.2, 0) is 11.2 Å². The average Bonchev–Trinajstić information content (AvgIpc) is 3.59. The summed E-state index contributed by atoms with van der Waals surface area (Å²) in [5.41, 5.74) is 4.64. The molecule has 1 aliphatic heterocycles. The lowest BCUT2D eigenvalue weighted by atomic mass is 9.53. The molecule has 1 atom stereocenters. The van der Waals surface area contributed by atoms with Crippen LogP contribution in [0, 0.1) is 24.7 Å². The Hall–Kier alpha value is -2.38. The number of thiazole rings is 1. The van der Waals surface area contributed by atoms with Crippen LogP contribution < -0.4 is 5.32 Å². The summed E-state index contributed by atoms with van der Waals surface area (Å²) >= 11 is 1.68. The number of ether oxygens (including phenoxy) is 1. The zero-order chi connectivity index (χ0) is 25.0. The van der Waals surface area contributed by atoms with E-state index in [4.69, 9.17) is 9.72 Å². The topological polar surface area (TPSA) is 58.9 Å². The van der Waals surface area contributed by atoms with Gasteiger partial charge in [-0.3, -0.25) is 4.40 Å². The van der Waals surface area contributed by atoms with Gasteiger partial charge in [-0.15, -0.1) is 11.3 Å². The fourth-order valence-electron chi connectivity index (χ4n) is 8.00. The number of hydrogen-bond acceptors (Lipinski definition) is 4. The molecule has 3 heterocycles. The maximum Gasteiger partial charge on any atom is 0.317 e. The number of fused-ring (bicyclic) bond motifs is 1. The molecule has 5 fully saturated rings. The molecule has 2 amide bonds. The Balaban J connectivity index is 1.08. The van der Waals surface area contributed by atoms with Crippen molar-refractivity contribution in [1.29, 1.82) is 0 Å². The Labute approximate surface area is 223 Å². The van der Waals surface area contributed by atoms with E-state index in [0.29, 0.717) is 13.1 Å². The summed E-state index contributed by atoms with van der Waals surface area (Å²) in [5, 5.41) is 5.81. The van der Waals surface area contributed by atoms with E-state index < -0.39 is 0 Å². The maximum absolute atomic E-state index is 13.8. The molecule has 1 unspecified atom stereocenters. The Morgan fingerprint density at radius 3 is 2.57 bits per heavy atom. The number of benzene rings is 1. The molecule has 4 bridgehead atoms. The van der Waals surface area contributed by atoms with Crippen LogP contribution in [0.2, 0.25) is 0 Å². The number of carbonyl (C=O) groups excluding carboxylic acids is 1. The normalized spacial score (nSPS) is 30.3. The number of carbonyl (C=O) groups is 1. The SMILES string of the molecule is Cc1ccc(-c2cn3c(CCN(CC4CCCO4)C(=O)NC45CC6CC(CC(C6)C4)C5)csc3n2)cc1. The van der Waals surface area contributed by atoms with Gasteiger partial charge in [0.1, 0.15) is 0 Å². The molecule has 8 rings (SSSR count). The molecule has 6 nitrogen and oxygen atoms in total. The predicted octanol–water partition coefficient (Wildman–Crippen LogP) is 6.07. The van der Waals surface area contributed by atoms with Crippen molar-refractivity contribution in [2.24, 2.45) is 17.8 Å². The Bertz CT molecular complexity index is 1240. The van der Waals surface area contributed by atoms with Gasteiger partial charge >= 0.3 is 6.03 Å². The second kappa shape index (κ2) is 9.42. The van der Waals surface area contributed by atoms with Gasteiger partial charge in [-0.05, 0) is 76.0 Å². The number of imidazole rings is 1. The molecule has 1 N–H and O–H groups in total. The third-order valence-electron chi connectivity index (χ3n) is 9.41. The first kappa shape index (κ1) is 23.7. The number of rotatable bonds is 7. The van der Waals surface area contributed by atoms with E-state index in [1.54, 1.807) is 11.3 Å². The summed E-state index contributed by atoms with van der Waals surface area (Å²) in [7, 11) is 0. The number of nitrogens with zero attached hydrogens (tertiary/aromatic N) is 3. The van der Waals surface area contributed by atoms with Gasteiger partial charge in [0.05, 0.1) is 11.8 Å². The minimum atomic E-state index is 0.0313. The van der Waals surface area contributed by atoms with Crippen LogP contribution in [0.4, 0.5) is 4.79 Å². The lowest BCUT2D eigenvalue weighted by Gasteiger charge is -2.57. The van der Waals surface area contributed by atoms with E-state index >= 15 is 0 Å². The molecular weight excluding hydrogens is 480 g/mol. The molecule has 196 valence electrons. The molecule has 4 saturated carbocycles. The largest absolute Gasteiger partial charge is 0.376 e. The minimum Gasteiger partial charge on any atom is -0.376 e. The third-order valence-corrected chi connectivity index (χ3v) is 10.3. The van der Waals surface area contributed by atoms with Gasteiger partial charge in [0.2, 0.25) is 0 Å². The van der Waals surface area contributed by atoms with Crippen molar-refractivity contribution in [3.8, 4) is 11.3 Å². The lowest BCUT2D eigenvalue weighted by Crippen LogP contribution is -2.62. The second-order valence-corrected chi connectivity index (χ2v) is 13.2. The van der Waals surface area contributed by atoms with Gasteiger partial charge in [-0.25, -0.2) is 9.78 Å². The van der Waals surface area contributed by atoms with Crippen LogP contribution in [0.5, 0.6) is 0 Å². The van der Waals surface area contributed by atoms with E-state index in [1.807, 2.05) is 0 Å². The molecule has 0 spiro atoms. The number of aromatic nitrogens is 2. The molecule has 37 heavy (non-hydrogen) atoms. The summed E-state index contributed by atoms with van der Waals surface area (Å²) < 4.78 is 8.17. The summed E-state index contributed by atoms with van der Waals surface area (Å²) in [6.45, 7) is 4.30. The third kappa shape index (κ3) is 4.69. The number of amides is 2. The highest BCUT2D eigenvalue weighted by Crippen LogP contribution is 2.55. The fraction of sp³-hybridized carbons (Fsp3) is 0.600. The van der Waals surface area contributed by atoms with Gasteiger partial charge in [-0.1, -0.05) is 29.8 Å². The average molecular weight is 519 g/mol. The zero-order valence-corrected chi connectivity index (χ0v) is 22.6. The fourth-order valence-corrected chi connectivity index (χ4v) is 8.91. The highest BCUT2D eigenvalue weighted by Gasteiger charge is 2.51. The zero-order valence-electron chi connectivity index (χ0n) is 21.8. The van der Waals surface area contributed by atoms with Crippen molar-refractivity contribution in [3.63, 3.8) is 0 Å². The highest BCUT2D eigenvalue weighted by atomic mass is 32.1. The Morgan fingerprint density at radius 2 is 1.89 bits per heavy atom. The first-order chi connectivity index (χ1) is 18.0. The first-order valence-corrected chi connectivity index (χ1v) is 15.1. The summed E-state index contributed by atoms with van der Waals surface area (Å²) in [6, 6.07) is 8.67. The number of urea groups is 1. The van der Waals surface area contributed by atoms with Crippen LogP contribution in [0.3, 0.4) is 0 Å². The van der Waals surface area contributed by atoms with Crippen LogP contribution in [0.1, 0.15) is 62.6 Å². The van der Waals surface area contributed by atoms with E-state index in [-0.39, 0.29) is 17.7 Å². The summed E-state index contributed by atoms with van der Waals surface area (Å²) in [4.78, 5) is 21.7. The van der Waals surface area contributed by atoms with Gasteiger partial charge in [0, 0.05) is 54.5 Å². The van der Waals surface area contributed by atoms with Gasteiger partial charge in [-0.2, -0.15) is 0 Å². The highest BCUT2D eigenvalue weighted by molar-refractivity contribution is 7.15. The molecule has 0 radical (unpaired) electrons. The van der Waals surface area contributed by atoms with Crippen LogP contribution in [0.15, 0.2) is 35.8 Å². The molecule has 2 aromatic heterocycles. The van der Waals surface area contributed by atoms with Gasteiger partial charge < -0.3 is 15.0 Å². The number of aryl methyl sites for hydroxylation is 1.